The third-order valence-electron chi connectivity index (χ3n) is 4.26. The van der Waals surface area contributed by atoms with Crippen LogP contribution < -0.4 is 0 Å². The molecule has 0 aliphatic heterocycles. The lowest BCUT2D eigenvalue weighted by molar-refractivity contribution is 0.203. The Morgan fingerprint density at radius 2 is 1.56 bits per heavy atom. The summed E-state index contributed by atoms with van der Waals surface area (Å²) >= 11 is 0. The Morgan fingerprint density at radius 1 is 0.875 bits per heavy atom. The Balaban J connectivity index is 2.33. The molecule has 0 aromatic rings. The summed E-state index contributed by atoms with van der Waals surface area (Å²) < 4.78 is 0. The van der Waals surface area contributed by atoms with E-state index in [0.717, 1.165) is 0 Å². The molecule has 1 saturated carbocycles. The Kier molecular flexibility index (Phi) is 7.16. The van der Waals surface area contributed by atoms with Crippen molar-refractivity contribution < 1.29 is 0 Å². The predicted molar refractivity (Wildman–Crippen MR) is 73.5 cm³/mol. The van der Waals surface area contributed by atoms with Gasteiger partial charge in [0.2, 0.25) is 0 Å². The van der Waals surface area contributed by atoms with E-state index in [1.54, 1.807) is 0 Å². The van der Waals surface area contributed by atoms with Crippen LogP contribution in [0.3, 0.4) is 0 Å². The molecule has 0 saturated heterocycles. The zero-order chi connectivity index (χ0) is 11.7. The monoisotopic (exact) mass is 223 g/mol. The second-order valence-electron chi connectivity index (χ2n) is 5.73. The Morgan fingerprint density at radius 3 is 2.19 bits per heavy atom. The second-order valence-corrected chi connectivity index (χ2v) is 5.73. The first-order valence-corrected chi connectivity index (χ1v) is 7.67. The van der Waals surface area contributed by atoms with Gasteiger partial charge < -0.3 is 0 Å². The number of hydrogen-bond donors (Lipinski definition) is 0. The number of hydrogen-bond acceptors (Lipinski definition) is 0. The molecule has 0 aromatic heterocycles. The lowest BCUT2D eigenvalue weighted by Gasteiger charge is -2.37. The lowest BCUT2D eigenvalue weighted by atomic mass is 9.68. The molecule has 1 fully saturated rings. The van der Waals surface area contributed by atoms with Crippen molar-refractivity contribution >= 4 is 0 Å². The van der Waals surface area contributed by atoms with E-state index in [9.17, 15) is 0 Å². The second kappa shape index (κ2) is 8.14. The Bertz CT molecular complexity index is 141. The van der Waals surface area contributed by atoms with Crippen LogP contribution in [0.2, 0.25) is 0 Å². The normalized spacial score (nSPS) is 19.9. The molecule has 0 unspecified atom stereocenters. The maximum absolute atomic E-state index is 2.71. The van der Waals surface area contributed by atoms with Crippen molar-refractivity contribution in [1.29, 1.82) is 0 Å². The topological polar surface area (TPSA) is 0 Å². The highest BCUT2D eigenvalue weighted by molar-refractivity contribution is 4.94. The van der Waals surface area contributed by atoms with Crippen molar-refractivity contribution in [3.63, 3.8) is 0 Å². The van der Waals surface area contributed by atoms with Crippen LogP contribution in [0.15, 0.2) is 0 Å². The molecule has 0 atom stereocenters. The highest BCUT2D eigenvalue weighted by atomic mass is 14.4. The van der Waals surface area contributed by atoms with Crippen LogP contribution in [0.25, 0.3) is 0 Å². The van der Waals surface area contributed by atoms with Crippen LogP contribution in [0.4, 0.5) is 0 Å². The maximum Gasteiger partial charge on any atom is -0.0266 e. The summed E-state index contributed by atoms with van der Waals surface area (Å²) in [6.07, 6.45) is 20.0. The third-order valence-corrected chi connectivity index (χ3v) is 4.26. The van der Waals surface area contributed by atoms with E-state index in [1.807, 2.05) is 0 Å². The molecule has 0 nitrogen and oxygen atoms in total. The van der Waals surface area contributed by atoms with Crippen molar-refractivity contribution in [2.75, 3.05) is 0 Å². The van der Waals surface area contributed by atoms with Crippen LogP contribution in [0, 0.1) is 11.8 Å². The predicted octanol–water partition coefficient (Wildman–Crippen LogP) is 5.91. The van der Waals surface area contributed by atoms with Crippen molar-refractivity contribution in [2.24, 2.45) is 5.41 Å². The maximum atomic E-state index is 2.71. The first-order chi connectivity index (χ1) is 7.83. The summed E-state index contributed by atoms with van der Waals surface area (Å²) in [7, 11) is 0. The zero-order valence-electron chi connectivity index (χ0n) is 11.6. The molecule has 0 amide bonds. The minimum absolute atomic E-state index is 0.655. The van der Waals surface area contributed by atoms with Gasteiger partial charge in [0.15, 0.2) is 0 Å². The Hall–Kier alpha value is 0. The van der Waals surface area contributed by atoms with Gasteiger partial charge in [0.25, 0.3) is 0 Å². The molecular formula is C16H31. The quantitative estimate of drug-likeness (QED) is 0.449. The molecule has 1 radical (unpaired) electrons. The van der Waals surface area contributed by atoms with Gasteiger partial charge in [0, 0.05) is 0 Å². The van der Waals surface area contributed by atoms with E-state index in [-0.39, 0.29) is 0 Å². The van der Waals surface area contributed by atoms with Crippen LogP contribution in [-0.2, 0) is 0 Å². The standard InChI is InChI=1S/C16H31/c1-3-5-8-12-16(13-9-6-4-2)14-10-7-11-15-16/h12H,3-11,13-15H2,1-2H3. The van der Waals surface area contributed by atoms with Gasteiger partial charge in [-0.05, 0) is 37.5 Å². The summed E-state index contributed by atoms with van der Waals surface area (Å²) in [5.74, 6) is 0. The summed E-state index contributed by atoms with van der Waals surface area (Å²) in [5.41, 5.74) is 0.655. The summed E-state index contributed by atoms with van der Waals surface area (Å²) in [5, 5.41) is 0. The number of unbranched alkanes of at least 4 members (excludes halogenated alkanes) is 4. The van der Waals surface area contributed by atoms with E-state index in [4.69, 9.17) is 0 Å². The SMILES string of the molecule is CCCC[CH]C1(CCCCC)CCCCC1. The molecule has 0 N–H and O–H groups in total. The first kappa shape index (κ1) is 14.1. The van der Waals surface area contributed by atoms with Gasteiger partial charge in [-0.1, -0.05) is 65.2 Å². The molecule has 0 aromatic carbocycles. The van der Waals surface area contributed by atoms with E-state index < -0.39 is 0 Å². The summed E-state index contributed by atoms with van der Waals surface area (Å²) in [4.78, 5) is 0. The largest absolute Gasteiger partial charge is 0.0654 e. The van der Waals surface area contributed by atoms with Crippen LogP contribution in [0.5, 0.6) is 0 Å². The molecule has 16 heavy (non-hydrogen) atoms. The molecule has 1 aliphatic carbocycles. The molecular weight excluding hydrogens is 192 g/mol. The van der Waals surface area contributed by atoms with E-state index in [1.165, 1.54) is 77.0 Å². The van der Waals surface area contributed by atoms with Crippen molar-refractivity contribution in [1.82, 2.24) is 0 Å². The molecule has 95 valence electrons. The fraction of sp³-hybridized carbons (Fsp3) is 0.938. The Labute approximate surface area is 103 Å². The lowest BCUT2D eigenvalue weighted by Crippen LogP contribution is -2.24. The van der Waals surface area contributed by atoms with E-state index >= 15 is 0 Å². The van der Waals surface area contributed by atoms with Crippen molar-refractivity contribution in [3.05, 3.63) is 6.42 Å². The van der Waals surface area contributed by atoms with Crippen LogP contribution >= 0.6 is 0 Å². The van der Waals surface area contributed by atoms with Crippen LogP contribution in [-0.4, -0.2) is 0 Å². The molecule has 0 heterocycles. The molecule has 0 bridgehead atoms. The molecule has 1 rings (SSSR count). The number of rotatable bonds is 8. The average molecular weight is 223 g/mol. The van der Waals surface area contributed by atoms with Crippen molar-refractivity contribution in [2.45, 2.75) is 90.9 Å². The fourth-order valence-corrected chi connectivity index (χ4v) is 3.15. The minimum Gasteiger partial charge on any atom is -0.0654 e. The van der Waals surface area contributed by atoms with Gasteiger partial charge in [0.1, 0.15) is 0 Å². The van der Waals surface area contributed by atoms with Crippen molar-refractivity contribution in [3.8, 4) is 0 Å². The van der Waals surface area contributed by atoms with Gasteiger partial charge in [-0.2, -0.15) is 0 Å². The summed E-state index contributed by atoms with van der Waals surface area (Å²) in [6, 6.07) is 0. The third kappa shape index (κ3) is 4.89. The first-order valence-electron chi connectivity index (χ1n) is 7.67. The zero-order valence-corrected chi connectivity index (χ0v) is 11.6. The van der Waals surface area contributed by atoms with Gasteiger partial charge in [-0.15, -0.1) is 0 Å². The van der Waals surface area contributed by atoms with Gasteiger partial charge in [-0.3, -0.25) is 0 Å². The average Bonchev–Trinajstić information content (AvgIpc) is 2.31. The van der Waals surface area contributed by atoms with E-state index in [0.29, 0.717) is 5.41 Å². The van der Waals surface area contributed by atoms with E-state index in [2.05, 4.69) is 20.3 Å². The molecule has 0 spiro atoms. The van der Waals surface area contributed by atoms with Gasteiger partial charge in [0.05, 0.1) is 0 Å². The van der Waals surface area contributed by atoms with Gasteiger partial charge in [-0.25, -0.2) is 0 Å². The molecule has 1 aliphatic rings. The smallest absolute Gasteiger partial charge is 0.0266 e. The highest BCUT2D eigenvalue weighted by Crippen LogP contribution is 2.44. The molecule has 0 heteroatoms. The fourth-order valence-electron chi connectivity index (χ4n) is 3.15. The van der Waals surface area contributed by atoms with Gasteiger partial charge >= 0.3 is 0 Å². The highest BCUT2D eigenvalue weighted by Gasteiger charge is 2.30. The minimum atomic E-state index is 0.655. The summed E-state index contributed by atoms with van der Waals surface area (Å²) in [6.45, 7) is 4.62. The van der Waals surface area contributed by atoms with Crippen LogP contribution in [0.1, 0.15) is 90.9 Å².